The number of allylic oxidation sites excluding steroid dienone is 2. The molecule has 0 bridgehead atoms. The van der Waals surface area contributed by atoms with Gasteiger partial charge in [0.2, 0.25) is 0 Å². The van der Waals surface area contributed by atoms with Gasteiger partial charge in [-0.15, -0.1) is 0 Å². The highest BCUT2D eigenvalue weighted by atomic mass is 79.9. The summed E-state index contributed by atoms with van der Waals surface area (Å²) < 4.78 is 6.65. The van der Waals surface area contributed by atoms with Gasteiger partial charge in [-0.2, -0.15) is 0 Å². The molecule has 0 aliphatic heterocycles. The Morgan fingerprint density at radius 3 is 2.81 bits per heavy atom. The monoisotopic (exact) mass is 278 g/mol. The molecule has 2 heteroatoms. The second-order valence-corrected chi connectivity index (χ2v) is 4.26. The van der Waals surface area contributed by atoms with Crippen molar-refractivity contribution in [2.24, 2.45) is 0 Å². The van der Waals surface area contributed by atoms with Gasteiger partial charge in [0, 0.05) is 0 Å². The molecule has 1 aromatic rings. The lowest BCUT2D eigenvalue weighted by Gasteiger charge is -2.09. The van der Waals surface area contributed by atoms with Crippen LogP contribution in [0.1, 0.15) is 5.56 Å². The molecular weight excluding hydrogens is 264 g/mol. The SMILES string of the molecule is C=C/C=C(\C=C)COc1cc(C)ccc1Br. The van der Waals surface area contributed by atoms with Crippen LogP contribution in [0.25, 0.3) is 0 Å². The second-order valence-electron chi connectivity index (χ2n) is 3.40. The highest BCUT2D eigenvalue weighted by molar-refractivity contribution is 9.10. The molecule has 0 unspecified atom stereocenters. The topological polar surface area (TPSA) is 9.23 Å². The predicted octanol–water partition coefficient (Wildman–Crippen LogP) is 4.43. The van der Waals surface area contributed by atoms with Gasteiger partial charge >= 0.3 is 0 Å². The Morgan fingerprint density at radius 2 is 2.19 bits per heavy atom. The molecule has 0 saturated heterocycles. The molecule has 1 nitrogen and oxygen atoms in total. The fourth-order valence-electron chi connectivity index (χ4n) is 1.21. The minimum Gasteiger partial charge on any atom is -0.488 e. The highest BCUT2D eigenvalue weighted by Gasteiger charge is 2.01. The summed E-state index contributed by atoms with van der Waals surface area (Å²) in [7, 11) is 0. The quantitative estimate of drug-likeness (QED) is 0.724. The van der Waals surface area contributed by atoms with E-state index in [2.05, 4.69) is 29.1 Å². The molecule has 0 aliphatic carbocycles. The summed E-state index contributed by atoms with van der Waals surface area (Å²) in [4.78, 5) is 0. The molecule has 0 saturated carbocycles. The summed E-state index contributed by atoms with van der Waals surface area (Å²) in [5.41, 5.74) is 2.18. The third kappa shape index (κ3) is 3.70. The molecule has 84 valence electrons. The lowest BCUT2D eigenvalue weighted by Crippen LogP contribution is -2.00. The van der Waals surface area contributed by atoms with Crippen molar-refractivity contribution in [1.82, 2.24) is 0 Å². The normalized spacial score (nSPS) is 11.0. The van der Waals surface area contributed by atoms with Gasteiger partial charge in [0.05, 0.1) is 4.47 Å². The Morgan fingerprint density at radius 1 is 1.44 bits per heavy atom. The Balaban J connectivity index is 2.73. The van der Waals surface area contributed by atoms with E-state index in [4.69, 9.17) is 4.74 Å². The fourth-order valence-corrected chi connectivity index (χ4v) is 1.57. The van der Waals surface area contributed by atoms with Crippen molar-refractivity contribution in [3.63, 3.8) is 0 Å². The van der Waals surface area contributed by atoms with E-state index in [1.807, 2.05) is 31.2 Å². The average Bonchev–Trinajstić information content (AvgIpc) is 2.28. The van der Waals surface area contributed by atoms with Gasteiger partial charge in [0.25, 0.3) is 0 Å². The van der Waals surface area contributed by atoms with Gasteiger partial charge in [-0.3, -0.25) is 0 Å². The van der Waals surface area contributed by atoms with Crippen LogP contribution >= 0.6 is 15.9 Å². The molecule has 1 rings (SSSR count). The highest BCUT2D eigenvalue weighted by Crippen LogP contribution is 2.26. The van der Waals surface area contributed by atoms with E-state index < -0.39 is 0 Å². The first-order chi connectivity index (χ1) is 7.67. The lowest BCUT2D eigenvalue weighted by molar-refractivity contribution is 0.353. The molecule has 1 aromatic carbocycles. The van der Waals surface area contributed by atoms with Gasteiger partial charge < -0.3 is 4.74 Å². The number of benzene rings is 1. The van der Waals surface area contributed by atoms with Gasteiger partial charge in [-0.25, -0.2) is 0 Å². The third-order valence-corrected chi connectivity index (χ3v) is 2.73. The first-order valence-electron chi connectivity index (χ1n) is 5.00. The molecule has 0 spiro atoms. The van der Waals surface area contributed by atoms with Crippen LogP contribution < -0.4 is 4.74 Å². The smallest absolute Gasteiger partial charge is 0.134 e. The fraction of sp³-hybridized carbons (Fsp3) is 0.143. The van der Waals surface area contributed by atoms with Gasteiger partial charge in [-0.1, -0.05) is 37.5 Å². The van der Waals surface area contributed by atoms with Crippen molar-refractivity contribution in [2.45, 2.75) is 6.92 Å². The van der Waals surface area contributed by atoms with Crippen LogP contribution in [0.15, 0.2) is 59.6 Å². The van der Waals surface area contributed by atoms with Gasteiger partial charge in [-0.05, 0) is 46.1 Å². The number of rotatable bonds is 5. The minimum atomic E-state index is 0.498. The van der Waals surface area contributed by atoms with Crippen molar-refractivity contribution < 1.29 is 4.74 Å². The Bertz CT molecular complexity index is 419. The first kappa shape index (κ1) is 12.8. The Kier molecular flexibility index (Phi) is 5.06. The Hall–Kier alpha value is -1.28. The largest absolute Gasteiger partial charge is 0.488 e. The zero-order valence-corrected chi connectivity index (χ0v) is 11.0. The van der Waals surface area contributed by atoms with E-state index in [9.17, 15) is 0 Å². The molecule has 0 amide bonds. The molecule has 0 N–H and O–H groups in total. The van der Waals surface area contributed by atoms with Gasteiger partial charge in [0.1, 0.15) is 12.4 Å². The first-order valence-corrected chi connectivity index (χ1v) is 5.79. The maximum atomic E-state index is 5.69. The summed E-state index contributed by atoms with van der Waals surface area (Å²) in [5, 5.41) is 0. The van der Waals surface area contributed by atoms with E-state index in [0.29, 0.717) is 6.61 Å². The number of ether oxygens (including phenoxy) is 1. The van der Waals surface area contributed by atoms with Crippen LogP contribution in [0.5, 0.6) is 5.75 Å². The minimum absolute atomic E-state index is 0.498. The van der Waals surface area contributed by atoms with Crippen LogP contribution in [0, 0.1) is 6.92 Å². The van der Waals surface area contributed by atoms with Crippen LogP contribution in [0.4, 0.5) is 0 Å². The molecule has 0 fully saturated rings. The summed E-state index contributed by atoms with van der Waals surface area (Å²) in [5.74, 6) is 0.844. The molecular formula is C14H15BrO. The zero-order valence-electron chi connectivity index (χ0n) is 9.37. The summed E-state index contributed by atoms with van der Waals surface area (Å²) >= 11 is 3.45. The zero-order chi connectivity index (χ0) is 12.0. The van der Waals surface area contributed by atoms with E-state index in [1.54, 1.807) is 12.2 Å². The summed E-state index contributed by atoms with van der Waals surface area (Å²) in [6, 6.07) is 6.01. The number of hydrogen-bond donors (Lipinski definition) is 0. The maximum Gasteiger partial charge on any atom is 0.134 e. The van der Waals surface area contributed by atoms with E-state index in [-0.39, 0.29) is 0 Å². The molecule has 0 aromatic heterocycles. The van der Waals surface area contributed by atoms with Gasteiger partial charge in [0.15, 0.2) is 0 Å². The number of hydrogen-bond acceptors (Lipinski definition) is 1. The molecule has 0 radical (unpaired) electrons. The number of aryl methyl sites for hydroxylation is 1. The maximum absolute atomic E-state index is 5.69. The van der Waals surface area contributed by atoms with E-state index in [1.165, 1.54) is 5.56 Å². The van der Waals surface area contributed by atoms with Crippen molar-refractivity contribution in [1.29, 1.82) is 0 Å². The van der Waals surface area contributed by atoms with Crippen molar-refractivity contribution >= 4 is 15.9 Å². The van der Waals surface area contributed by atoms with E-state index >= 15 is 0 Å². The van der Waals surface area contributed by atoms with Crippen LogP contribution in [0.2, 0.25) is 0 Å². The third-order valence-electron chi connectivity index (χ3n) is 2.08. The van der Waals surface area contributed by atoms with Crippen molar-refractivity contribution in [2.75, 3.05) is 6.61 Å². The average molecular weight is 279 g/mol. The molecule has 0 aliphatic rings. The lowest BCUT2D eigenvalue weighted by atomic mass is 10.2. The van der Waals surface area contributed by atoms with Crippen LogP contribution in [-0.4, -0.2) is 6.61 Å². The predicted molar refractivity (Wildman–Crippen MR) is 72.9 cm³/mol. The summed E-state index contributed by atoms with van der Waals surface area (Å²) in [6.07, 6.45) is 5.38. The summed E-state index contributed by atoms with van der Waals surface area (Å²) in [6.45, 7) is 9.90. The Labute approximate surface area is 105 Å². The van der Waals surface area contributed by atoms with Crippen LogP contribution in [0.3, 0.4) is 0 Å². The molecule has 0 atom stereocenters. The molecule has 16 heavy (non-hydrogen) atoms. The second kappa shape index (κ2) is 6.33. The van der Waals surface area contributed by atoms with Crippen LogP contribution in [-0.2, 0) is 0 Å². The number of halogens is 1. The standard InChI is InChI=1S/C14H15BrO/c1-4-6-12(5-2)10-16-14-9-11(3)7-8-13(14)15/h4-9H,1-2,10H2,3H3/b12-6+. The van der Waals surface area contributed by atoms with E-state index in [0.717, 1.165) is 15.8 Å². The molecule has 0 heterocycles. The van der Waals surface area contributed by atoms with Crippen molar-refractivity contribution in [3.8, 4) is 5.75 Å². The van der Waals surface area contributed by atoms with Crippen molar-refractivity contribution in [3.05, 3.63) is 65.2 Å².